The van der Waals surface area contributed by atoms with Gasteiger partial charge in [0, 0.05) is 38.1 Å². The number of unbranched alkanes of at least 4 members (excludes halogenated alkanes) is 1. The van der Waals surface area contributed by atoms with Crippen LogP contribution in [-0.4, -0.2) is 29.0 Å². The van der Waals surface area contributed by atoms with Gasteiger partial charge in [-0.1, -0.05) is 0 Å². The van der Waals surface area contributed by atoms with Crippen molar-refractivity contribution >= 4 is 0 Å². The van der Waals surface area contributed by atoms with Crippen molar-refractivity contribution in [3.63, 3.8) is 0 Å². The van der Waals surface area contributed by atoms with Gasteiger partial charge in [0.1, 0.15) is 0 Å². The van der Waals surface area contributed by atoms with E-state index in [4.69, 9.17) is 10.5 Å². The predicted octanol–water partition coefficient (Wildman–Crippen LogP) is 1.81. The van der Waals surface area contributed by atoms with E-state index < -0.39 is 0 Å². The van der Waals surface area contributed by atoms with Crippen LogP contribution in [0.25, 0.3) is 0 Å². The zero-order chi connectivity index (χ0) is 13.1. The van der Waals surface area contributed by atoms with Crippen molar-refractivity contribution in [3.05, 3.63) is 18.5 Å². The summed E-state index contributed by atoms with van der Waals surface area (Å²) in [6.45, 7) is 4.22. The summed E-state index contributed by atoms with van der Waals surface area (Å²) in [5.74, 6) is 5.90. The van der Waals surface area contributed by atoms with Crippen LogP contribution in [-0.2, 0) is 11.3 Å². The van der Waals surface area contributed by atoms with Crippen LogP contribution in [0.3, 0.4) is 0 Å². The van der Waals surface area contributed by atoms with Crippen LogP contribution in [0.4, 0.5) is 0 Å². The Morgan fingerprint density at radius 1 is 1.39 bits per heavy atom. The molecule has 18 heavy (non-hydrogen) atoms. The van der Waals surface area contributed by atoms with Crippen LogP contribution >= 0.6 is 0 Å². The molecule has 1 aromatic rings. The van der Waals surface area contributed by atoms with E-state index in [0.717, 1.165) is 45.4 Å². The second-order valence-electron chi connectivity index (χ2n) is 4.27. The van der Waals surface area contributed by atoms with Gasteiger partial charge in [0.25, 0.3) is 0 Å². The van der Waals surface area contributed by atoms with Gasteiger partial charge in [-0.15, -0.1) is 11.8 Å². The zero-order valence-electron chi connectivity index (χ0n) is 11.1. The molecular weight excluding hydrogens is 226 g/mol. The summed E-state index contributed by atoms with van der Waals surface area (Å²) < 4.78 is 7.39. The van der Waals surface area contributed by atoms with Crippen molar-refractivity contribution < 1.29 is 4.74 Å². The highest BCUT2D eigenvalue weighted by Crippen LogP contribution is 1.99. The highest BCUT2D eigenvalue weighted by Gasteiger charge is 2.03. The van der Waals surface area contributed by atoms with Crippen molar-refractivity contribution in [2.45, 2.75) is 45.2 Å². The van der Waals surface area contributed by atoms with Crippen molar-refractivity contribution in [2.75, 3.05) is 13.2 Å². The maximum absolute atomic E-state index is 6.01. The van der Waals surface area contributed by atoms with E-state index in [1.165, 1.54) is 0 Å². The number of nitrogens with zero attached hydrogens (tertiary/aromatic N) is 2. The Bertz CT molecular complexity index is 351. The molecule has 1 rings (SSSR count). The Labute approximate surface area is 110 Å². The Hall–Kier alpha value is -1.31. The van der Waals surface area contributed by atoms with Gasteiger partial charge in [-0.3, -0.25) is 4.68 Å². The van der Waals surface area contributed by atoms with E-state index in [0.29, 0.717) is 0 Å². The van der Waals surface area contributed by atoms with E-state index in [9.17, 15) is 0 Å². The van der Waals surface area contributed by atoms with Crippen molar-refractivity contribution in [2.24, 2.45) is 5.73 Å². The molecule has 0 fully saturated rings. The number of ether oxygens (including phenoxy) is 1. The van der Waals surface area contributed by atoms with Gasteiger partial charge >= 0.3 is 0 Å². The monoisotopic (exact) mass is 249 g/mol. The fourth-order valence-corrected chi connectivity index (χ4v) is 1.68. The molecule has 0 aliphatic rings. The molecule has 0 aliphatic carbocycles. The van der Waals surface area contributed by atoms with E-state index >= 15 is 0 Å². The summed E-state index contributed by atoms with van der Waals surface area (Å²) in [6, 6.07) is 2.06. The van der Waals surface area contributed by atoms with Crippen LogP contribution in [0, 0.1) is 11.8 Å². The maximum atomic E-state index is 6.01. The normalized spacial score (nSPS) is 11.9. The van der Waals surface area contributed by atoms with Crippen LogP contribution in [0.5, 0.6) is 0 Å². The average Bonchev–Trinajstić information content (AvgIpc) is 2.85. The zero-order valence-corrected chi connectivity index (χ0v) is 11.1. The maximum Gasteiger partial charge on any atom is 0.0560 e. The van der Waals surface area contributed by atoms with E-state index in [-0.39, 0.29) is 6.04 Å². The molecule has 1 atom stereocenters. The summed E-state index contributed by atoms with van der Waals surface area (Å²) >= 11 is 0. The minimum atomic E-state index is 0.152. The SMILES string of the molecule is CC#CCCCOCCCC(N)Cn1cccn1. The Kier molecular flexibility index (Phi) is 7.94. The number of hydrogen-bond donors (Lipinski definition) is 1. The lowest BCUT2D eigenvalue weighted by molar-refractivity contribution is 0.127. The number of hydrogen-bond acceptors (Lipinski definition) is 3. The fourth-order valence-electron chi connectivity index (χ4n) is 1.68. The van der Waals surface area contributed by atoms with Crippen LogP contribution in [0.1, 0.15) is 32.6 Å². The molecule has 1 heterocycles. The Morgan fingerprint density at radius 3 is 2.94 bits per heavy atom. The molecule has 0 saturated carbocycles. The summed E-state index contributed by atoms with van der Waals surface area (Å²) in [6.07, 6.45) is 7.62. The summed E-state index contributed by atoms with van der Waals surface area (Å²) in [5, 5.41) is 4.13. The molecule has 0 aromatic carbocycles. The van der Waals surface area contributed by atoms with Crippen LogP contribution < -0.4 is 5.73 Å². The first-order valence-corrected chi connectivity index (χ1v) is 6.53. The molecule has 1 aromatic heterocycles. The van der Waals surface area contributed by atoms with Crippen molar-refractivity contribution in [3.8, 4) is 11.8 Å². The van der Waals surface area contributed by atoms with Crippen molar-refractivity contribution in [1.82, 2.24) is 9.78 Å². The molecule has 0 bridgehead atoms. The third kappa shape index (κ3) is 7.10. The van der Waals surface area contributed by atoms with Crippen LogP contribution in [0.2, 0.25) is 0 Å². The minimum absolute atomic E-state index is 0.152. The largest absolute Gasteiger partial charge is 0.381 e. The van der Waals surface area contributed by atoms with Gasteiger partial charge < -0.3 is 10.5 Å². The van der Waals surface area contributed by atoms with E-state index in [1.54, 1.807) is 6.20 Å². The number of nitrogens with two attached hydrogens (primary N) is 1. The molecule has 0 spiro atoms. The molecule has 100 valence electrons. The fraction of sp³-hybridized carbons (Fsp3) is 0.643. The minimum Gasteiger partial charge on any atom is -0.381 e. The topological polar surface area (TPSA) is 53.1 Å². The van der Waals surface area contributed by atoms with E-state index in [1.807, 2.05) is 23.9 Å². The quantitative estimate of drug-likeness (QED) is 0.536. The first kappa shape index (κ1) is 14.7. The molecule has 4 nitrogen and oxygen atoms in total. The smallest absolute Gasteiger partial charge is 0.0560 e. The standard InChI is InChI=1S/C14H23N3O/c1-2-3-4-5-11-18-12-6-8-14(15)13-17-10-7-9-16-17/h7,9-10,14H,4-6,8,11-13,15H2,1H3. The lowest BCUT2D eigenvalue weighted by Crippen LogP contribution is -2.26. The molecule has 1 unspecified atom stereocenters. The van der Waals surface area contributed by atoms with Crippen LogP contribution in [0.15, 0.2) is 18.5 Å². The van der Waals surface area contributed by atoms with Gasteiger partial charge in [0.05, 0.1) is 6.54 Å². The molecular formula is C14H23N3O. The molecule has 4 heteroatoms. The van der Waals surface area contributed by atoms with E-state index in [2.05, 4.69) is 16.9 Å². The summed E-state index contributed by atoms with van der Waals surface area (Å²) in [4.78, 5) is 0. The first-order valence-electron chi connectivity index (χ1n) is 6.53. The average molecular weight is 249 g/mol. The second kappa shape index (κ2) is 9.69. The predicted molar refractivity (Wildman–Crippen MR) is 72.9 cm³/mol. The van der Waals surface area contributed by atoms with Gasteiger partial charge in [-0.2, -0.15) is 5.10 Å². The molecule has 0 radical (unpaired) electrons. The Balaban J connectivity index is 1.92. The van der Waals surface area contributed by atoms with Crippen molar-refractivity contribution in [1.29, 1.82) is 0 Å². The molecule has 2 N–H and O–H groups in total. The summed E-state index contributed by atoms with van der Waals surface area (Å²) in [7, 11) is 0. The third-order valence-corrected chi connectivity index (χ3v) is 2.61. The van der Waals surface area contributed by atoms with Gasteiger partial charge in [-0.25, -0.2) is 0 Å². The number of aromatic nitrogens is 2. The highest BCUT2D eigenvalue weighted by atomic mass is 16.5. The Morgan fingerprint density at radius 2 is 2.22 bits per heavy atom. The molecule has 0 amide bonds. The summed E-state index contributed by atoms with van der Waals surface area (Å²) in [5.41, 5.74) is 6.01. The highest BCUT2D eigenvalue weighted by molar-refractivity contribution is 4.94. The molecule has 0 aliphatic heterocycles. The second-order valence-corrected chi connectivity index (χ2v) is 4.27. The van der Waals surface area contributed by atoms with Gasteiger partial charge in [0.15, 0.2) is 0 Å². The lowest BCUT2D eigenvalue weighted by Gasteiger charge is -2.11. The van der Waals surface area contributed by atoms with Gasteiger partial charge in [0.2, 0.25) is 0 Å². The first-order chi connectivity index (χ1) is 8.83. The third-order valence-electron chi connectivity index (χ3n) is 2.61. The van der Waals surface area contributed by atoms with Gasteiger partial charge in [-0.05, 0) is 32.3 Å². The number of rotatable bonds is 9. The molecule has 0 saturated heterocycles. The lowest BCUT2D eigenvalue weighted by atomic mass is 10.2.